The molecule has 1 saturated heterocycles. The third-order valence-electron chi connectivity index (χ3n) is 1.63. The molecule has 0 spiro atoms. The van der Waals surface area contributed by atoms with Crippen molar-refractivity contribution in [2.45, 2.75) is 13.8 Å². The van der Waals surface area contributed by atoms with Gasteiger partial charge in [-0.25, -0.2) is 15.0 Å². The second kappa shape index (κ2) is 4.07. The number of carbonyl (C=O) groups is 1. The summed E-state index contributed by atoms with van der Waals surface area (Å²) in [6.07, 6.45) is 0. The van der Waals surface area contributed by atoms with Crippen LogP contribution in [0.5, 0.6) is 0 Å². The Morgan fingerprint density at radius 1 is 1.69 bits per heavy atom. The van der Waals surface area contributed by atoms with Gasteiger partial charge in [-0.2, -0.15) is 0 Å². The van der Waals surface area contributed by atoms with Gasteiger partial charge in [0.05, 0.1) is 6.54 Å². The fourth-order valence-electron chi connectivity index (χ4n) is 0.944. The molecular weight excluding hydrogens is 170 g/mol. The van der Waals surface area contributed by atoms with Crippen LogP contribution < -0.4 is 10.7 Å². The van der Waals surface area contributed by atoms with Crippen LogP contribution in [0, 0.1) is 5.92 Å². The predicted molar refractivity (Wildman–Crippen MR) is 47.3 cm³/mol. The highest BCUT2D eigenvalue weighted by Gasteiger charge is 2.24. The van der Waals surface area contributed by atoms with Crippen LogP contribution in [0.25, 0.3) is 0 Å². The maximum absolute atomic E-state index is 11.1. The highest BCUT2D eigenvalue weighted by molar-refractivity contribution is 5.82. The van der Waals surface area contributed by atoms with E-state index < -0.39 is 0 Å². The number of hydrogen-bond acceptors (Lipinski definition) is 3. The number of hydrazine groups is 1. The maximum Gasteiger partial charge on any atom is 0.336 e. The minimum absolute atomic E-state index is 0.273. The van der Waals surface area contributed by atoms with Gasteiger partial charge in [-0.05, 0) is 5.92 Å². The number of urea groups is 1. The lowest BCUT2D eigenvalue weighted by molar-refractivity contribution is 0.191. The molecule has 0 aromatic rings. The summed E-state index contributed by atoms with van der Waals surface area (Å²) in [6.45, 7) is 5.06. The number of amides is 2. The van der Waals surface area contributed by atoms with Crippen molar-refractivity contribution >= 4 is 12.0 Å². The summed E-state index contributed by atoms with van der Waals surface area (Å²) in [7, 11) is 0. The molecule has 2 N–H and O–H groups in total. The first-order valence-electron chi connectivity index (χ1n) is 4.19. The second-order valence-electron chi connectivity index (χ2n) is 3.35. The van der Waals surface area contributed by atoms with Crippen molar-refractivity contribution < 1.29 is 9.59 Å². The third-order valence-corrected chi connectivity index (χ3v) is 1.63. The predicted octanol–water partition coefficient (Wildman–Crippen LogP) is -0.112. The molecular formula is C8H13N3O2. The average molecular weight is 183 g/mol. The highest BCUT2D eigenvalue weighted by Crippen LogP contribution is 2.01. The van der Waals surface area contributed by atoms with E-state index in [1.54, 1.807) is 5.94 Å². The van der Waals surface area contributed by atoms with Crippen molar-refractivity contribution in [3.05, 3.63) is 5.70 Å². The Bertz CT molecular complexity index is 256. The lowest BCUT2D eigenvalue weighted by Crippen LogP contribution is -2.42. The van der Waals surface area contributed by atoms with Crippen molar-refractivity contribution in [1.29, 1.82) is 0 Å². The van der Waals surface area contributed by atoms with Gasteiger partial charge in [-0.15, -0.1) is 0 Å². The van der Waals surface area contributed by atoms with E-state index in [0.29, 0.717) is 12.5 Å². The van der Waals surface area contributed by atoms with Gasteiger partial charge < -0.3 is 0 Å². The first-order valence-corrected chi connectivity index (χ1v) is 4.19. The van der Waals surface area contributed by atoms with Crippen LogP contribution in [0.15, 0.2) is 5.70 Å². The average Bonchev–Trinajstić information content (AvgIpc) is 2.43. The molecule has 5 nitrogen and oxygen atoms in total. The maximum atomic E-state index is 11.1. The van der Waals surface area contributed by atoms with Crippen molar-refractivity contribution in [2.24, 2.45) is 5.92 Å². The Balaban J connectivity index is 2.44. The van der Waals surface area contributed by atoms with E-state index in [2.05, 4.69) is 10.7 Å². The van der Waals surface area contributed by atoms with E-state index in [4.69, 9.17) is 0 Å². The van der Waals surface area contributed by atoms with Crippen molar-refractivity contribution in [1.82, 2.24) is 15.8 Å². The zero-order chi connectivity index (χ0) is 9.84. The van der Waals surface area contributed by atoms with Gasteiger partial charge in [0.15, 0.2) is 0 Å². The van der Waals surface area contributed by atoms with E-state index in [0.717, 1.165) is 0 Å². The monoisotopic (exact) mass is 183 g/mol. The Hall–Kier alpha value is -1.32. The molecule has 0 atom stereocenters. The van der Waals surface area contributed by atoms with Gasteiger partial charge in [0, 0.05) is 6.54 Å². The molecule has 0 bridgehead atoms. The van der Waals surface area contributed by atoms with E-state index in [1.807, 2.05) is 13.8 Å². The van der Waals surface area contributed by atoms with Gasteiger partial charge in [-0.1, -0.05) is 13.8 Å². The van der Waals surface area contributed by atoms with Crippen molar-refractivity contribution in [3.8, 4) is 0 Å². The van der Waals surface area contributed by atoms with Crippen LogP contribution in [0.4, 0.5) is 4.79 Å². The molecule has 0 aromatic carbocycles. The van der Waals surface area contributed by atoms with Gasteiger partial charge in [0.25, 0.3) is 0 Å². The zero-order valence-corrected chi connectivity index (χ0v) is 7.76. The number of nitrogens with zero attached hydrogens (tertiary/aromatic N) is 1. The molecule has 1 heterocycles. The standard InChI is InChI=1S/C8H13N3O2/c1-6(2)3-9-11-4-7(5-12)10-8(11)13/h6,9H,3-4H2,1-2H3,(H,10,13). The summed E-state index contributed by atoms with van der Waals surface area (Å²) in [5, 5.41) is 3.77. The Labute approximate surface area is 76.8 Å². The molecule has 0 saturated carbocycles. The molecule has 2 amide bonds. The van der Waals surface area contributed by atoms with Crippen LogP contribution in [0.1, 0.15) is 13.8 Å². The lowest BCUT2D eigenvalue weighted by Gasteiger charge is -2.16. The summed E-state index contributed by atoms with van der Waals surface area (Å²) >= 11 is 0. The lowest BCUT2D eigenvalue weighted by atomic mass is 10.2. The van der Waals surface area contributed by atoms with Crippen LogP contribution >= 0.6 is 0 Å². The molecule has 5 heteroatoms. The fraction of sp³-hybridized carbons (Fsp3) is 0.625. The third kappa shape index (κ3) is 2.57. The zero-order valence-electron chi connectivity index (χ0n) is 7.76. The molecule has 13 heavy (non-hydrogen) atoms. The van der Waals surface area contributed by atoms with Crippen LogP contribution in [0.2, 0.25) is 0 Å². The number of carbonyl (C=O) groups excluding carboxylic acids is 2. The molecule has 1 rings (SSSR count). The van der Waals surface area contributed by atoms with Crippen molar-refractivity contribution in [3.63, 3.8) is 0 Å². The quantitative estimate of drug-likeness (QED) is 0.600. The highest BCUT2D eigenvalue weighted by atomic mass is 16.2. The summed E-state index contributed by atoms with van der Waals surface area (Å²) < 4.78 is 0. The Kier molecular flexibility index (Phi) is 3.06. The largest absolute Gasteiger partial charge is 0.336 e. The Morgan fingerprint density at radius 2 is 2.38 bits per heavy atom. The first-order chi connectivity index (χ1) is 6.13. The molecule has 0 unspecified atom stereocenters. The molecule has 0 radical (unpaired) electrons. The fourth-order valence-corrected chi connectivity index (χ4v) is 0.944. The van der Waals surface area contributed by atoms with Gasteiger partial charge in [0.2, 0.25) is 0 Å². The Morgan fingerprint density at radius 3 is 2.85 bits per heavy atom. The molecule has 1 aliphatic rings. The number of hydrogen-bond donors (Lipinski definition) is 2. The van der Waals surface area contributed by atoms with Crippen LogP contribution in [0.3, 0.4) is 0 Å². The molecule has 0 aromatic heterocycles. The molecule has 72 valence electrons. The number of rotatable bonds is 3. The summed E-state index contributed by atoms with van der Waals surface area (Å²) in [5.41, 5.74) is 3.20. The molecule has 1 fully saturated rings. The first kappa shape index (κ1) is 9.77. The minimum Gasteiger partial charge on any atom is -0.299 e. The summed E-state index contributed by atoms with van der Waals surface area (Å²) in [5.74, 6) is 2.12. The summed E-state index contributed by atoms with van der Waals surface area (Å²) in [6, 6.07) is -0.293. The van der Waals surface area contributed by atoms with Gasteiger partial charge >= 0.3 is 6.03 Å². The van der Waals surface area contributed by atoms with Crippen LogP contribution in [-0.4, -0.2) is 30.1 Å². The molecule has 0 aliphatic carbocycles. The molecule has 1 aliphatic heterocycles. The van der Waals surface area contributed by atoms with Crippen molar-refractivity contribution in [2.75, 3.05) is 13.1 Å². The second-order valence-corrected chi connectivity index (χ2v) is 3.35. The topological polar surface area (TPSA) is 61.4 Å². The summed E-state index contributed by atoms with van der Waals surface area (Å²) in [4.78, 5) is 21.3. The SMILES string of the molecule is CC(C)CNN1CC(=C=O)NC1=O. The van der Waals surface area contributed by atoms with E-state index in [1.165, 1.54) is 5.01 Å². The number of nitrogens with one attached hydrogen (secondary N) is 2. The van der Waals surface area contributed by atoms with E-state index >= 15 is 0 Å². The minimum atomic E-state index is -0.293. The van der Waals surface area contributed by atoms with Gasteiger partial charge in [-0.3, -0.25) is 10.3 Å². The van der Waals surface area contributed by atoms with E-state index in [-0.39, 0.29) is 18.3 Å². The smallest absolute Gasteiger partial charge is 0.299 e. The normalized spacial score (nSPS) is 16.4. The van der Waals surface area contributed by atoms with Crippen LogP contribution in [-0.2, 0) is 4.79 Å². The van der Waals surface area contributed by atoms with Gasteiger partial charge in [0.1, 0.15) is 11.6 Å². The van der Waals surface area contributed by atoms with E-state index in [9.17, 15) is 9.59 Å².